The van der Waals surface area contributed by atoms with Crippen LogP contribution in [0.4, 0.5) is 0 Å². The van der Waals surface area contributed by atoms with Gasteiger partial charge in [0.25, 0.3) is 0 Å². The van der Waals surface area contributed by atoms with E-state index in [1.54, 1.807) is 0 Å². The zero-order valence-electron chi connectivity index (χ0n) is 10.1. The number of carbonyl (C=O) groups is 2. The molecular weight excluding hydrogens is 600 g/mol. The van der Waals surface area contributed by atoms with Crippen molar-refractivity contribution in [3.63, 3.8) is 0 Å². The van der Waals surface area contributed by atoms with Crippen molar-refractivity contribution in [2.75, 3.05) is 20.2 Å². The molecule has 0 aliphatic carbocycles. The number of carboxylic acid groups (broad SMARTS) is 1. The molecule has 2 amide bonds. The molecule has 0 aromatic carbocycles. The first-order chi connectivity index (χ1) is 8.08. The summed E-state index contributed by atoms with van der Waals surface area (Å²) in [5.41, 5.74) is 0. The second-order valence-corrected chi connectivity index (χ2v) is 2.53. The molecule has 8 nitrogen and oxygen atoms in total. The number of hydrogen-bond donors (Lipinski definition) is 3. The average molecular weight is 614 g/mol. The number of nitrogens with one attached hydrogen (secondary N) is 2. The SMILES string of the molecule is COC(=O)CCN[C-]=O.O=[C-]NCCC(=O)O.[W].[W]. The van der Waals surface area contributed by atoms with Gasteiger partial charge in [0.15, 0.2) is 0 Å². The summed E-state index contributed by atoms with van der Waals surface area (Å²) in [4.78, 5) is 38.8. The van der Waals surface area contributed by atoms with Crippen molar-refractivity contribution >= 4 is 24.8 Å². The van der Waals surface area contributed by atoms with Gasteiger partial charge >= 0.3 is 11.9 Å². The summed E-state index contributed by atoms with van der Waals surface area (Å²) < 4.78 is 4.29. The van der Waals surface area contributed by atoms with E-state index in [1.807, 2.05) is 0 Å². The van der Waals surface area contributed by atoms with Crippen molar-refractivity contribution in [1.82, 2.24) is 10.6 Å². The molecule has 0 aliphatic heterocycles. The van der Waals surface area contributed by atoms with Gasteiger partial charge in [-0.15, -0.1) is 0 Å². The van der Waals surface area contributed by atoms with Crippen LogP contribution in [0.3, 0.4) is 0 Å². The smallest absolute Gasteiger partial charge is 0.307 e. The fourth-order valence-electron chi connectivity index (χ4n) is 0.538. The molecule has 0 saturated carbocycles. The normalized spacial score (nSPS) is 7.21. The molecule has 0 radical (unpaired) electrons. The van der Waals surface area contributed by atoms with E-state index in [-0.39, 0.29) is 74.0 Å². The number of rotatable bonds is 8. The van der Waals surface area contributed by atoms with Crippen molar-refractivity contribution in [2.45, 2.75) is 12.8 Å². The second kappa shape index (κ2) is 22.4. The molecule has 19 heavy (non-hydrogen) atoms. The zero-order chi connectivity index (χ0) is 13.5. The topological polar surface area (TPSA) is 122 Å². The molecule has 0 aliphatic rings. The largest absolute Gasteiger partial charge is 0.529 e. The van der Waals surface area contributed by atoms with Crippen LogP contribution in [0.2, 0.25) is 0 Å². The standard InChI is InChI=1S/C5H8NO3.C4H6NO3.2W/c1-9-5(8)2-3-6-4-7;6-3-5-2-1-4(7)8;;/h2-3H2,1H3,(H,6,7);1-2H2,(H,5,6)(H,7,8);;/q2*-1;;. The molecule has 10 heteroatoms. The van der Waals surface area contributed by atoms with Crippen molar-refractivity contribution < 1.29 is 71.2 Å². The maximum atomic E-state index is 10.3. The number of aliphatic carboxylic acids is 1. The Morgan fingerprint density at radius 2 is 1.47 bits per heavy atom. The number of esters is 1. The fraction of sp³-hybridized carbons (Fsp3) is 0.556. The van der Waals surface area contributed by atoms with Gasteiger partial charge in [-0.05, 0) is 13.1 Å². The molecule has 110 valence electrons. The number of ether oxygens (including phenoxy) is 1. The molecule has 0 spiro atoms. The van der Waals surface area contributed by atoms with Gasteiger partial charge in [-0.25, -0.2) is 0 Å². The third kappa shape index (κ3) is 31.7. The average Bonchev–Trinajstić information content (AvgIpc) is 2.30. The van der Waals surface area contributed by atoms with Crippen molar-refractivity contribution in [3.05, 3.63) is 0 Å². The summed E-state index contributed by atoms with van der Waals surface area (Å²) in [6, 6.07) is 0. The molecule has 0 aromatic rings. The van der Waals surface area contributed by atoms with Crippen LogP contribution in [0.15, 0.2) is 0 Å². The summed E-state index contributed by atoms with van der Waals surface area (Å²) in [6.45, 7) is 0.439. The Balaban J connectivity index is -0.000000108. The molecular formula is C9H14N2O6W2-2. The molecule has 0 heterocycles. The van der Waals surface area contributed by atoms with Crippen LogP contribution in [0, 0.1) is 0 Å². The Kier molecular flexibility index (Phi) is 31.6. The third-order valence-corrected chi connectivity index (χ3v) is 1.29. The first kappa shape index (κ1) is 26.7. The van der Waals surface area contributed by atoms with Crippen molar-refractivity contribution in [3.8, 4) is 0 Å². The molecule has 0 bridgehead atoms. The Labute approximate surface area is 139 Å². The van der Waals surface area contributed by atoms with Crippen LogP contribution < -0.4 is 10.6 Å². The summed E-state index contributed by atoms with van der Waals surface area (Å²) in [7, 11) is 1.30. The first-order valence-electron chi connectivity index (χ1n) is 4.57. The van der Waals surface area contributed by atoms with Gasteiger partial charge in [0, 0.05) is 42.1 Å². The van der Waals surface area contributed by atoms with Crippen LogP contribution >= 0.6 is 0 Å². The molecule has 0 fully saturated rings. The fourth-order valence-corrected chi connectivity index (χ4v) is 0.538. The monoisotopic (exact) mass is 614 g/mol. The summed E-state index contributed by atoms with van der Waals surface area (Å²) in [5.74, 6) is -1.26. The Morgan fingerprint density at radius 3 is 1.79 bits per heavy atom. The first-order valence-corrected chi connectivity index (χ1v) is 4.57. The van der Waals surface area contributed by atoms with Gasteiger partial charge in [-0.2, -0.15) is 12.8 Å². The van der Waals surface area contributed by atoms with Crippen molar-refractivity contribution in [2.24, 2.45) is 0 Å². The van der Waals surface area contributed by atoms with E-state index in [1.165, 1.54) is 19.9 Å². The maximum absolute atomic E-state index is 10.3. The predicted molar refractivity (Wildman–Crippen MR) is 56.3 cm³/mol. The van der Waals surface area contributed by atoms with Gasteiger partial charge in [-0.1, -0.05) is 0 Å². The number of methoxy groups -OCH3 is 1. The summed E-state index contributed by atoms with van der Waals surface area (Å²) >= 11 is 0. The molecule has 3 N–H and O–H groups in total. The van der Waals surface area contributed by atoms with Crippen LogP contribution in [-0.2, 0) is 66.0 Å². The number of carboxylic acids is 1. The molecule has 0 unspecified atom stereocenters. The van der Waals surface area contributed by atoms with Crippen LogP contribution in [0.5, 0.6) is 0 Å². The van der Waals surface area contributed by atoms with Crippen LogP contribution in [-0.4, -0.2) is 50.1 Å². The van der Waals surface area contributed by atoms with E-state index in [9.17, 15) is 19.2 Å². The van der Waals surface area contributed by atoms with E-state index in [0.717, 1.165) is 0 Å². The van der Waals surface area contributed by atoms with Gasteiger partial charge < -0.3 is 30.1 Å². The third-order valence-electron chi connectivity index (χ3n) is 1.29. The molecule has 0 saturated heterocycles. The van der Waals surface area contributed by atoms with E-state index in [4.69, 9.17) is 5.11 Å². The minimum Gasteiger partial charge on any atom is -0.529 e. The quantitative estimate of drug-likeness (QED) is 0.130. The van der Waals surface area contributed by atoms with E-state index >= 15 is 0 Å². The van der Waals surface area contributed by atoms with Gasteiger partial charge in [0.05, 0.1) is 20.0 Å². The van der Waals surface area contributed by atoms with Crippen molar-refractivity contribution in [1.29, 1.82) is 0 Å². The van der Waals surface area contributed by atoms with E-state index in [2.05, 4.69) is 15.4 Å². The Morgan fingerprint density at radius 1 is 1.05 bits per heavy atom. The molecule has 0 atom stereocenters. The van der Waals surface area contributed by atoms with Gasteiger partial charge in [0.2, 0.25) is 0 Å². The van der Waals surface area contributed by atoms with Crippen LogP contribution in [0.1, 0.15) is 12.8 Å². The summed E-state index contributed by atoms with van der Waals surface area (Å²) in [5, 5.41) is 12.3. The number of amides is 2. The van der Waals surface area contributed by atoms with Gasteiger partial charge in [0.1, 0.15) is 0 Å². The zero-order valence-corrected chi connectivity index (χ0v) is 16.0. The Bertz CT molecular complexity index is 253. The van der Waals surface area contributed by atoms with Crippen LogP contribution in [0.25, 0.3) is 0 Å². The minimum atomic E-state index is -0.923. The predicted octanol–water partition coefficient (Wildman–Crippen LogP) is -1.68. The Hall–Kier alpha value is -0.743. The molecule has 0 rings (SSSR count). The number of carbonyl (C=O) groups excluding carboxylic acids is 3. The van der Waals surface area contributed by atoms with E-state index in [0.29, 0.717) is 0 Å². The number of hydrogen-bond acceptors (Lipinski definition) is 5. The maximum Gasteiger partial charge on any atom is 0.307 e. The molecule has 0 aromatic heterocycles. The second-order valence-electron chi connectivity index (χ2n) is 2.53. The summed E-state index contributed by atoms with van der Waals surface area (Å²) in [6.07, 6.45) is 2.95. The minimum absolute atomic E-state index is 0. The van der Waals surface area contributed by atoms with Gasteiger partial charge in [-0.3, -0.25) is 9.59 Å². The van der Waals surface area contributed by atoms with E-state index < -0.39 is 5.97 Å².